The van der Waals surface area contributed by atoms with E-state index in [2.05, 4.69) is 4.74 Å². The second-order valence-electron chi connectivity index (χ2n) is 4.07. The number of hydrogen-bond donors (Lipinski definition) is 1. The average molecular weight is 290 g/mol. The van der Waals surface area contributed by atoms with E-state index in [0.717, 1.165) is 18.2 Å². The van der Waals surface area contributed by atoms with Gasteiger partial charge in [-0.15, -0.1) is 0 Å². The predicted octanol–water partition coefficient (Wildman–Crippen LogP) is 2.54. The van der Waals surface area contributed by atoms with E-state index in [9.17, 15) is 19.1 Å². The number of hydrogen-bond acceptors (Lipinski definition) is 5. The van der Waals surface area contributed by atoms with Crippen LogP contribution in [0.3, 0.4) is 0 Å². The number of esters is 2. The van der Waals surface area contributed by atoms with E-state index in [1.807, 2.05) is 0 Å². The van der Waals surface area contributed by atoms with Crippen LogP contribution in [0.4, 0.5) is 4.39 Å². The molecule has 0 aliphatic carbocycles. The number of phenols is 1. The zero-order valence-electron chi connectivity index (χ0n) is 11.0. The molecule has 0 heterocycles. The van der Waals surface area contributed by atoms with Gasteiger partial charge in [-0.05, 0) is 36.4 Å². The van der Waals surface area contributed by atoms with Gasteiger partial charge >= 0.3 is 11.9 Å². The number of rotatable bonds is 3. The van der Waals surface area contributed by atoms with Crippen molar-refractivity contribution in [3.8, 4) is 11.5 Å². The molecule has 0 aliphatic rings. The average Bonchev–Trinajstić information content (AvgIpc) is 2.47. The summed E-state index contributed by atoms with van der Waals surface area (Å²) >= 11 is 0. The predicted molar refractivity (Wildman–Crippen MR) is 70.8 cm³/mol. The molecule has 0 saturated carbocycles. The Kier molecular flexibility index (Phi) is 4.18. The number of benzene rings is 2. The summed E-state index contributed by atoms with van der Waals surface area (Å²) in [5, 5.41) is 9.67. The first-order valence-corrected chi connectivity index (χ1v) is 5.90. The Morgan fingerprint density at radius 1 is 1.05 bits per heavy atom. The summed E-state index contributed by atoms with van der Waals surface area (Å²) < 4.78 is 22.2. The fourth-order valence-corrected chi connectivity index (χ4v) is 1.61. The second-order valence-corrected chi connectivity index (χ2v) is 4.07. The molecule has 0 aliphatic heterocycles. The SMILES string of the molecule is COC(=O)c1ccc(OC(=O)c2ccc(F)cc2)cc1O. The summed E-state index contributed by atoms with van der Waals surface area (Å²) in [5.74, 6) is -2.20. The topological polar surface area (TPSA) is 72.8 Å². The minimum Gasteiger partial charge on any atom is -0.507 e. The van der Waals surface area contributed by atoms with Gasteiger partial charge in [0.1, 0.15) is 22.9 Å². The molecular weight excluding hydrogens is 279 g/mol. The summed E-state index contributed by atoms with van der Waals surface area (Å²) in [6.45, 7) is 0. The number of carbonyl (C=O) groups is 2. The van der Waals surface area contributed by atoms with E-state index in [4.69, 9.17) is 4.74 Å². The van der Waals surface area contributed by atoms with Gasteiger partial charge in [-0.1, -0.05) is 0 Å². The maximum absolute atomic E-state index is 12.8. The van der Waals surface area contributed by atoms with Crippen LogP contribution in [0, 0.1) is 5.82 Å². The molecule has 0 radical (unpaired) electrons. The lowest BCUT2D eigenvalue weighted by atomic mass is 10.2. The van der Waals surface area contributed by atoms with Crippen LogP contribution in [-0.2, 0) is 4.74 Å². The van der Waals surface area contributed by atoms with Crippen LogP contribution in [-0.4, -0.2) is 24.2 Å². The Morgan fingerprint density at radius 3 is 2.29 bits per heavy atom. The monoisotopic (exact) mass is 290 g/mol. The summed E-state index contributed by atoms with van der Waals surface area (Å²) in [4.78, 5) is 23.1. The Morgan fingerprint density at radius 2 is 1.71 bits per heavy atom. The van der Waals surface area contributed by atoms with Crippen LogP contribution in [0.1, 0.15) is 20.7 Å². The first kappa shape index (κ1) is 14.5. The van der Waals surface area contributed by atoms with Crippen LogP contribution < -0.4 is 4.74 Å². The number of carbonyl (C=O) groups excluding carboxylic acids is 2. The molecule has 0 atom stereocenters. The minimum atomic E-state index is -0.708. The molecule has 0 amide bonds. The van der Waals surface area contributed by atoms with Crippen molar-refractivity contribution in [3.63, 3.8) is 0 Å². The van der Waals surface area contributed by atoms with E-state index < -0.39 is 17.8 Å². The van der Waals surface area contributed by atoms with Gasteiger partial charge in [-0.25, -0.2) is 14.0 Å². The van der Waals surface area contributed by atoms with Crippen molar-refractivity contribution in [2.75, 3.05) is 7.11 Å². The van der Waals surface area contributed by atoms with Gasteiger partial charge in [-0.2, -0.15) is 0 Å². The van der Waals surface area contributed by atoms with Gasteiger partial charge in [0.05, 0.1) is 12.7 Å². The Balaban J connectivity index is 2.16. The lowest BCUT2D eigenvalue weighted by molar-refractivity contribution is 0.0597. The van der Waals surface area contributed by atoms with E-state index >= 15 is 0 Å². The molecule has 0 aromatic heterocycles. The Hall–Kier alpha value is -2.89. The van der Waals surface area contributed by atoms with Gasteiger partial charge in [-0.3, -0.25) is 0 Å². The van der Waals surface area contributed by atoms with Crippen molar-refractivity contribution in [3.05, 3.63) is 59.4 Å². The maximum atomic E-state index is 12.8. The Bertz CT molecular complexity index is 679. The number of ether oxygens (including phenoxy) is 2. The summed E-state index contributed by atoms with van der Waals surface area (Å²) in [7, 11) is 1.18. The van der Waals surface area contributed by atoms with Crippen molar-refractivity contribution in [2.24, 2.45) is 0 Å². The standard InChI is InChI=1S/C15H11FO5/c1-20-15(19)12-7-6-11(8-13(12)17)21-14(18)9-2-4-10(16)5-3-9/h2-8,17H,1H3. The molecule has 0 bridgehead atoms. The zero-order chi connectivity index (χ0) is 15.4. The van der Waals surface area contributed by atoms with E-state index in [1.54, 1.807) is 0 Å². The number of methoxy groups -OCH3 is 1. The molecular formula is C15H11FO5. The first-order chi connectivity index (χ1) is 10.0. The third-order valence-electron chi connectivity index (χ3n) is 2.66. The molecule has 0 spiro atoms. The highest BCUT2D eigenvalue weighted by molar-refractivity contribution is 5.93. The van der Waals surface area contributed by atoms with Gasteiger partial charge in [0, 0.05) is 6.07 Å². The molecule has 0 fully saturated rings. The minimum absolute atomic E-state index is 0.0425. The van der Waals surface area contributed by atoms with Crippen molar-refractivity contribution < 1.29 is 28.6 Å². The molecule has 6 heteroatoms. The molecule has 0 saturated heterocycles. The molecule has 2 rings (SSSR count). The lowest BCUT2D eigenvalue weighted by Crippen LogP contribution is -2.09. The van der Waals surface area contributed by atoms with Crippen LogP contribution in [0.15, 0.2) is 42.5 Å². The summed E-state index contributed by atoms with van der Waals surface area (Å²) in [6, 6.07) is 8.55. The normalized spacial score (nSPS) is 10.0. The van der Waals surface area contributed by atoms with Gasteiger partial charge in [0.2, 0.25) is 0 Å². The maximum Gasteiger partial charge on any atom is 0.343 e. The highest BCUT2D eigenvalue weighted by Crippen LogP contribution is 2.24. The lowest BCUT2D eigenvalue weighted by Gasteiger charge is -2.07. The third-order valence-corrected chi connectivity index (χ3v) is 2.66. The molecule has 5 nitrogen and oxygen atoms in total. The summed E-state index contributed by atoms with van der Waals surface area (Å²) in [6.07, 6.45) is 0. The quantitative estimate of drug-likeness (QED) is 0.694. The number of aromatic hydroxyl groups is 1. The van der Waals surface area contributed by atoms with Crippen molar-refractivity contribution >= 4 is 11.9 Å². The van der Waals surface area contributed by atoms with E-state index in [-0.39, 0.29) is 22.6 Å². The first-order valence-electron chi connectivity index (χ1n) is 5.90. The fraction of sp³-hybridized carbons (Fsp3) is 0.0667. The van der Waals surface area contributed by atoms with E-state index in [1.165, 1.54) is 31.4 Å². The highest BCUT2D eigenvalue weighted by Gasteiger charge is 2.14. The smallest absolute Gasteiger partial charge is 0.343 e. The van der Waals surface area contributed by atoms with Crippen molar-refractivity contribution in [1.29, 1.82) is 0 Å². The van der Waals surface area contributed by atoms with Crippen molar-refractivity contribution in [2.45, 2.75) is 0 Å². The second kappa shape index (κ2) is 6.04. The van der Waals surface area contributed by atoms with Crippen LogP contribution >= 0.6 is 0 Å². The van der Waals surface area contributed by atoms with Crippen LogP contribution in [0.5, 0.6) is 11.5 Å². The van der Waals surface area contributed by atoms with Crippen LogP contribution in [0.2, 0.25) is 0 Å². The summed E-state index contributed by atoms with van der Waals surface area (Å²) in [5.41, 5.74) is 0.118. The number of phenolic OH excluding ortho intramolecular Hbond substituents is 1. The highest BCUT2D eigenvalue weighted by atomic mass is 19.1. The molecule has 2 aromatic carbocycles. The molecule has 0 unspecified atom stereocenters. The molecule has 108 valence electrons. The zero-order valence-corrected chi connectivity index (χ0v) is 11.0. The van der Waals surface area contributed by atoms with Gasteiger partial charge in [0.15, 0.2) is 0 Å². The molecule has 21 heavy (non-hydrogen) atoms. The van der Waals surface area contributed by atoms with Gasteiger partial charge < -0.3 is 14.6 Å². The Labute approximate surface area is 119 Å². The number of halogens is 1. The largest absolute Gasteiger partial charge is 0.507 e. The fourth-order valence-electron chi connectivity index (χ4n) is 1.61. The molecule has 2 aromatic rings. The molecule has 1 N–H and O–H groups in total. The van der Waals surface area contributed by atoms with Crippen LogP contribution in [0.25, 0.3) is 0 Å². The van der Waals surface area contributed by atoms with E-state index in [0.29, 0.717) is 0 Å². The third kappa shape index (κ3) is 3.36. The van der Waals surface area contributed by atoms with Crippen molar-refractivity contribution in [1.82, 2.24) is 0 Å². The van der Waals surface area contributed by atoms with Gasteiger partial charge in [0.25, 0.3) is 0 Å².